The van der Waals surface area contributed by atoms with E-state index in [9.17, 15) is 19.2 Å². The maximum absolute atomic E-state index is 12.5. The quantitative estimate of drug-likeness (QED) is 0.506. The first-order chi connectivity index (χ1) is 14.4. The van der Waals surface area contributed by atoms with E-state index in [0.717, 1.165) is 6.42 Å². The minimum atomic E-state index is -0.370. The van der Waals surface area contributed by atoms with Crippen LogP contribution in [0.2, 0.25) is 0 Å². The number of fused-ring (bicyclic) bond motifs is 1. The molecular formula is C23H31N3O4. The van der Waals surface area contributed by atoms with Crippen LogP contribution in [0, 0.1) is 5.92 Å². The average molecular weight is 414 g/mol. The van der Waals surface area contributed by atoms with Crippen molar-refractivity contribution in [3.05, 3.63) is 34.9 Å². The molecule has 3 rings (SSSR count). The zero-order chi connectivity index (χ0) is 21.7. The lowest BCUT2D eigenvalue weighted by molar-refractivity contribution is -0.121. The Bertz CT molecular complexity index is 828. The minimum absolute atomic E-state index is 0.0187. The Morgan fingerprint density at radius 2 is 1.67 bits per heavy atom. The first-order valence-electron chi connectivity index (χ1n) is 11.0. The van der Waals surface area contributed by atoms with Crippen molar-refractivity contribution in [2.75, 3.05) is 13.1 Å². The molecule has 0 saturated heterocycles. The Morgan fingerprint density at radius 3 is 2.37 bits per heavy atom. The van der Waals surface area contributed by atoms with Gasteiger partial charge < -0.3 is 10.6 Å². The summed E-state index contributed by atoms with van der Waals surface area (Å²) >= 11 is 0. The molecule has 2 N–H and O–H groups in total. The summed E-state index contributed by atoms with van der Waals surface area (Å²) in [5, 5.41) is 5.59. The number of nitrogens with one attached hydrogen (secondary N) is 2. The summed E-state index contributed by atoms with van der Waals surface area (Å²) in [6, 6.07) is 4.30. The van der Waals surface area contributed by atoms with Gasteiger partial charge in [0, 0.05) is 31.1 Å². The van der Waals surface area contributed by atoms with Crippen LogP contribution in [-0.4, -0.2) is 47.7 Å². The van der Waals surface area contributed by atoms with Gasteiger partial charge in [-0.05, 0) is 44.4 Å². The second-order valence-electron chi connectivity index (χ2n) is 8.48. The molecule has 30 heavy (non-hydrogen) atoms. The van der Waals surface area contributed by atoms with Crippen LogP contribution < -0.4 is 10.6 Å². The second kappa shape index (κ2) is 9.87. The molecule has 1 aromatic carbocycles. The van der Waals surface area contributed by atoms with E-state index in [4.69, 9.17) is 0 Å². The van der Waals surface area contributed by atoms with Crippen molar-refractivity contribution < 1.29 is 19.2 Å². The molecule has 0 radical (unpaired) electrons. The van der Waals surface area contributed by atoms with Gasteiger partial charge in [0.05, 0.1) is 11.1 Å². The molecule has 0 aromatic heterocycles. The fraction of sp³-hybridized carbons (Fsp3) is 0.565. The van der Waals surface area contributed by atoms with Gasteiger partial charge in [-0.2, -0.15) is 0 Å². The Balaban J connectivity index is 1.43. The van der Waals surface area contributed by atoms with Gasteiger partial charge in [0.2, 0.25) is 5.91 Å². The smallest absolute Gasteiger partial charge is 0.261 e. The molecule has 0 bridgehead atoms. The summed E-state index contributed by atoms with van der Waals surface area (Å²) < 4.78 is 0. The van der Waals surface area contributed by atoms with Crippen molar-refractivity contribution in [3.63, 3.8) is 0 Å². The third kappa shape index (κ3) is 5.07. The molecule has 7 heteroatoms. The molecule has 0 unspecified atom stereocenters. The van der Waals surface area contributed by atoms with E-state index >= 15 is 0 Å². The van der Waals surface area contributed by atoms with Gasteiger partial charge >= 0.3 is 0 Å². The molecular weight excluding hydrogens is 382 g/mol. The van der Waals surface area contributed by atoms with Gasteiger partial charge in [-0.25, -0.2) is 0 Å². The van der Waals surface area contributed by atoms with Gasteiger partial charge in [-0.15, -0.1) is 0 Å². The molecule has 0 atom stereocenters. The predicted molar refractivity (Wildman–Crippen MR) is 113 cm³/mol. The van der Waals surface area contributed by atoms with Gasteiger partial charge in [0.1, 0.15) is 0 Å². The van der Waals surface area contributed by atoms with Crippen LogP contribution in [-0.2, 0) is 4.79 Å². The van der Waals surface area contributed by atoms with Crippen LogP contribution in [0.4, 0.5) is 0 Å². The zero-order valence-electron chi connectivity index (χ0n) is 17.8. The van der Waals surface area contributed by atoms with Gasteiger partial charge in [-0.3, -0.25) is 24.1 Å². The summed E-state index contributed by atoms with van der Waals surface area (Å²) in [5.41, 5.74) is 0.914. The van der Waals surface area contributed by atoms with E-state index in [0.29, 0.717) is 36.6 Å². The third-order valence-corrected chi connectivity index (χ3v) is 5.93. The van der Waals surface area contributed by atoms with Crippen LogP contribution in [0.15, 0.2) is 18.2 Å². The normalized spacial score (nSPS) is 16.7. The maximum Gasteiger partial charge on any atom is 0.261 e. The SMILES string of the molecule is CC(C)N1C(=O)c2ccc(C(=O)NCCNC(=O)CCC3CCCCC3)cc2C1=O. The topological polar surface area (TPSA) is 95.6 Å². The Labute approximate surface area is 177 Å². The zero-order valence-corrected chi connectivity index (χ0v) is 17.8. The summed E-state index contributed by atoms with van der Waals surface area (Å²) in [4.78, 5) is 50.4. The number of carbonyl (C=O) groups is 4. The molecule has 1 heterocycles. The fourth-order valence-electron chi connectivity index (χ4n) is 4.25. The van der Waals surface area contributed by atoms with Crippen molar-refractivity contribution in [1.29, 1.82) is 0 Å². The summed E-state index contributed by atoms with van der Waals surface area (Å²) in [5.74, 6) is -0.342. The van der Waals surface area contributed by atoms with Crippen LogP contribution >= 0.6 is 0 Å². The largest absolute Gasteiger partial charge is 0.354 e. The molecule has 1 aliphatic carbocycles. The fourth-order valence-corrected chi connectivity index (χ4v) is 4.25. The summed E-state index contributed by atoms with van der Waals surface area (Å²) in [6.45, 7) is 4.21. The standard InChI is InChI=1S/C23H31N3O4/c1-15(2)26-22(29)18-10-9-17(14-19(18)23(26)30)21(28)25-13-12-24-20(27)11-8-16-6-4-3-5-7-16/h9-10,14-16H,3-8,11-13H2,1-2H3,(H,24,27)(H,25,28). The van der Waals surface area contributed by atoms with Gasteiger partial charge in [0.15, 0.2) is 0 Å². The number of rotatable bonds is 8. The van der Waals surface area contributed by atoms with Crippen LogP contribution in [0.25, 0.3) is 0 Å². The molecule has 1 fully saturated rings. The Morgan fingerprint density at radius 1 is 1.00 bits per heavy atom. The van der Waals surface area contributed by atoms with Crippen LogP contribution in [0.3, 0.4) is 0 Å². The van der Waals surface area contributed by atoms with Crippen molar-refractivity contribution >= 4 is 23.6 Å². The van der Waals surface area contributed by atoms with Crippen LogP contribution in [0.5, 0.6) is 0 Å². The first kappa shape index (κ1) is 22.0. The summed E-state index contributed by atoms with van der Waals surface area (Å²) in [7, 11) is 0. The Hall–Kier alpha value is -2.70. The van der Waals surface area contributed by atoms with Crippen molar-refractivity contribution in [2.24, 2.45) is 5.92 Å². The van der Waals surface area contributed by atoms with Crippen molar-refractivity contribution in [3.8, 4) is 0 Å². The molecule has 162 valence electrons. The van der Waals surface area contributed by atoms with E-state index in [2.05, 4.69) is 10.6 Å². The highest BCUT2D eigenvalue weighted by Gasteiger charge is 2.37. The van der Waals surface area contributed by atoms with Crippen LogP contribution in [0.1, 0.15) is 89.9 Å². The highest BCUT2D eigenvalue weighted by atomic mass is 16.2. The molecule has 1 aliphatic heterocycles. The number of hydrogen-bond acceptors (Lipinski definition) is 4. The molecule has 4 amide bonds. The number of amides is 4. The van der Waals surface area contributed by atoms with Crippen molar-refractivity contribution in [2.45, 2.75) is 64.8 Å². The maximum atomic E-state index is 12.5. The monoisotopic (exact) mass is 413 g/mol. The lowest BCUT2D eigenvalue weighted by Gasteiger charge is -2.20. The molecule has 0 spiro atoms. The van der Waals surface area contributed by atoms with Gasteiger partial charge in [-0.1, -0.05) is 32.1 Å². The van der Waals surface area contributed by atoms with E-state index in [-0.39, 0.29) is 35.2 Å². The minimum Gasteiger partial charge on any atom is -0.354 e. The lowest BCUT2D eigenvalue weighted by atomic mass is 9.86. The van der Waals surface area contributed by atoms with Crippen molar-refractivity contribution in [1.82, 2.24) is 15.5 Å². The molecule has 2 aliphatic rings. The third-order valence-electron chi connectivity index (χ3n) is 5.93. The number of imide groups is 1. The lowest BCUT2D eigenvalue weighted by Crippen LogP contribution is -2.36. The summed E-state index contributed by atoms with van der Waals surface area (Å²) in [6.07, 6.45) is 7.79. The number of hydrogen-bond donors (Lipinski definition) is 2. The first-order valence-corrected chi connectivity index (χ1v) is 11.0. The van der Waals surface area contributed by atoms with Gasteiger partial charge in [0.25, 0.3) is 17.7 Å². The van der Waals surface area contributed by atoms with E-state index in [1.807, 2.05) is 0 Å². The molecule has 1 saturated carbocycles. The molecule has 1 aromatic rings. The number of benzene rings is 1. The van der Waals surface area contributed by atoms with E-state index < -0.39 is 0 Å². The number of nitrogens with zero attached hydrogens (tertiary/aromatic N) is 1. The number of carbonyl (C=O) groups excluding carboxylic acids is 4. The molecule has 7 nitrogen and oxygen atoms in total. The highest BCUT2D eigenvalue weighted by Crippen LogP contribution is 2.27. The highest BCUT2D eigenvalue weighted by molar-refractivity contribution is 6.22. The average Bonchev–Trinajstić information content (AvgIpc) is 3.00. The van der Waals surface area contributed by atoms with E-state index in [1.165, 1.54) is 49.1 Å². The predicted octanol–water partition coefficient (Wildman–Crippen LogP) is 2.90. The van der Waals surface area contributed by atoms with E-state index in [1.54, 1.807) is 19.9 Å². The Kier molecular flexibility index (Phi) is 7.24. The second-order valence-corrected chi connectivity index (χ2v) is 8.48.